The molecule has 1 aromatic rings. The number of carboxylic acids is 1. The maximum atomic E-state index is 11.8. The average Bonchev–Trinajstić information content (AvgIpc) is 2.38. The fraction of sp³-hybridized carbons (Fsp3) is 0.385. The lowest BCUT2D eigenvalue weighted by molar-refractivity contribution is -0.117. The van der Waals surface area contributed by atoms with Crippen molar-refractivity contribution in [1.29, 1.82) is 0 Å². The molecule has 0 fully saturated rings. The van der Waals surface area contributed by atoms with E-state index in [2.05, 4.69) is 5.32 Å². The second-order valence-electron chi connectivity index (χ2n) is 4.24. The van der Waals surface area contributed by atoms with Gasteiger partial charge in [0.1, 0.15) is 0 Å². The zero-order valence-electron chi connectivity index (χ0n) is 10.6. The van der Waals surface area contributed by atoms with Crippen LogP contribution in [0.3, 0.4) is 0 Å². The van der Waals surface area contributed by atoms with Crippen LogP contribution in [-0.2, 0) is 4.79 Å². The van der Waals surface area contributed by atoms with Gasteiger partial charge in [0, 0.05) is 0 Å². The summed E-state index contributed by atoms with van der Waals surface area (Å²) in [7, 11) is 0. The van der Waals surface area contributed by atoms with Gasteiger partial charge < -0.3 is 16.2 Å². The number of unbranched alkanes of at least 4 members (excludes halogenated alkanes) is 1. The highest BCUT2D eigenvalue weighted by Gasteiger charge is 2.15. The van der Waals surface area contributed by atoms with Crippen LogP contribution in [0.25, 0.3) is 0 Å². The molecule has 1 unspecified atom stereocenters. The van der Waals surface area contributed by atoms with Crippen molar-refractivity contribution in [3.8, 4) is 0 Å². The van der Waals surface area contributed by atoms with Crippen LogP contribution in [0, 0.1) is 0 Å². The van der Waals surface area contributed by atoms with E-state index in [9.17, 15) is 9.59 Å². The summed E-state index contributed by atoms with van der Waals surface area (Å²) in [6.45, 7) is 2.01. The smallest absolute Gasteiger partial charge is 0.335 e. The zero-order chi connectivity index (χ0) is 14.4. The molecule has 5 nitrogen and oxygen atoms in total. The molecule has 4 N–H and O–H groups in total. The number of aromatic carboxylic acids is 1. The van der Waals surface area contributed by atoms with Crippen molar-refractivity contribution in [2.45, 2.75) is 32.2 Å². The van der Waals surface area contributed by atoms with E-state index in [1.54, 1.807) is 0 Å². The van der Waals surface area contributed by atoms with Gasteiger partial charge >= 0.3 is 5.97 Å². The summed E-state index contributed by atoms with van der Waals surface area (Å²) in [5.41, 5.74) is 6.05. The lowest BCUT2D eigenvalue weighted by Crippen LogP contribution is -2.35. The zero-order valence-corrected chi connectivity index (χ0v) is 11.4. The maximum Gasteiger partial charge on any atom is 0.335 e. The first-order valence-electron chi connectivity index (χ1n) is 6.05. The molecule has 0 heterocycles. The van der Waals surface area contributed by atoms with Crippen molar-refractivity contribution in [3.05, 3.63) is 28.8 Å². The molecule has 1 amide bonds. The van der Waals surface area contributed by atoms with E-state index in [0.29, 0.717) is 6.42 Å². The molecule has 0 radical (unpaired) electrons. The number of rotatable bonds is 6. The van der Waals surface area contributed by atoms with Gasteiger partial charge in [0.05, 0.1) is 22.3 Å². The second-order valence-corrected chi connectivity index (χ2v) is 4.64. The molecule has 6 heteroatoms. The highest BCUT2D eigenvalue weighted by atomic mass is 35.5. The Morgan fingerprint density at radius 2 is 2.16 bits per heavy atom. The lowest BCUT2D eigenvalue weighted by Gasteiger charge is -2.13. The minimum absolute atomic E-state index is 0.0572. The van der Waals surface area contributed by atoms with Crippen molar-refractivity contribution < 1.29 is 14.7 Å². The predicted molar refractivity (Wildman–Crippen MR) is 74.5 cm³/mol. The first-order chi connectivity index (χ1) is 8.95. The normalized spacial score (nSPS) is 11.9. The SMILES string of the molecule is CCCCC(N)C(=O)Nc1cc(C(=O)O)ccc1Cl. The third-order valence-electron chi connectivity index (χ3n) is 2.68. The summed E-state index contributed by atoms with van der Waals surface area (Å²) in [5.74, 6) is -1.44. The Labute approximate surface area is 116 Å². The number of hydrogen-bond donors (Lipinski definition) is 3. The first kappa shape index (κ1) is 15.5. The number of nitrogens with one attached hydrogen (secondary N) is 1. The Morgan fingerprint density at radius 3 is 2.74 bits per heavy atom. The Kier molecular flexibility index (Phi) is 5.79. The molecule has 1 atom stereocenters. The van der Waals surface area contributed by atoms with Crippen molar-refractivity contribution >= 4 is 29.2 Å². The summed E-state index contributed by atoms with van der Waals surface area (Å²) in [5, 5.41) is 11.7. The summed E-state index contributed by atoms with van der Waals surface area (Å²) in [4.78, 5) is 22.7. The Balaban J connectivity index is 2.78. The van der Waals surface area contributed by atoms with E-state index in [1.165, 1.54) is 18.2 Å². The number of amides is 1. The molecule has 0 saturated carbocycles. The van der Waals surface area contributed by atoms with Crippen molar-refractivity contribution in [2.24, 2.45) is 5.73 Å². The van der Waals surface area contributed by atoms with Crippen molar-refractivity contribution in [1.82, 2.24) is 0 Å². The van der Waals surface area contributed by atoms with Gasteiger partial charge in [-0.05, 0) is 24.6 Å². The molecule has 0 bridgehead atoms. The van der Waals surface area contributed by atoms with Crippen LogP contribution in [0.5, 0.6) is 0 Å². The molecule has 0 aliphatic heterocycles. The summed E-state index contributed by atoms with van der Waals surface area (Å²) in [6.07, 6.45) is 2.40. The number of hydrogen-bond acceptors (Lipinski definition) is 3. The number of halogens is 1. The van der Waals surface area contributed by atoms with Crippen molar-refractivity contribution in [3.63, 3.8) is 0 Å². The van der Waals surface area contributed by atoms with Crippen LogP contribution in [0.1, 0.15) is 36.5 Å². The maximum absolute atomic E-state index is 11.8. The van der Waals surface area contributed by atoms with E-state index in [4.69, 9.17) is 22.4 Å². The standard InChI is InChI=1S/C13H17ClN2O3/c1-2-3-4-10(15)12(17)16-11-7-8(13(18)19)5-6-9(11)14/h5-7,10H,2-4,15H2,1H3,(H,16,17)(H,18,19). The molecule has 104 valence electrons. The van der Waals surface area contributed by atoms with E-state index >= 15 is 0 Å². The van der Waals surface area contributed by atoms with Crippen LogP contribution in [0.4, 0.5) is 5.69 Å². The van der Waals surface area contributed by atoms with Crippen LogP contribution < -0.4 is 11.1 Å². The molecule has 19 heavy (non-hydrogen) atoms. The topological polar surface area (TPSA) is 92.4 Å². The molecule has 0 saturated heterocycles. The summed E-state index contributed by atoms with van der Waals surface area (Å²) >= 11 is 5.91. The number of nitrogens with two attached hydrogens (primary N) is 1. The monoisotopic (exact) mass is 284 g/mol. The Hall–Kier alpha value is -1.59. The molecule has 1 aromatic carbocycles. The molecule has 0 aromatic heterocycles. The van der Waals surface area contributed by atoms with Gasteiger partial charge in [-0.25, -0.2) is 4.79 Å². The number of anilines is 1. The van der Waals surface area contributed by atoms with Crippen LogP contribution in [0.15, 0.2) is 18.2 Å². The van der Waals surface area contributed by atoms with Crippen LogP contribution in [-0.4, -0.2) is 23.0 Å². The molecule has 1 rings (SSSR count). The van der Waals surface area contributed by atoms with E-state index in [0.717, 1.165) is 12.8 Å². The molecule has 0 aliphatic rings. The van der Waals surface area contributed by atoms with Gasteiger partial charge in [0.15, 0.2) is 0 Å². The van der Waals surface area contributed by atoms with E-state index in [1.807, 2.05) is 6.92 Å². The third-order valence-corrected chi connectivity index (χ3v) is 3.01. The highest BCUT2D eigenvalue weighted by molar-refractivity contribution is 6.33. The van der Waals surface area contributed by atoms with Gasteiger partial charge in [-0.2, -0.15) is 0 Å². The Bertz CT molecular complexity index is 477. The fourth-order valence-corrected chi connectivity index (χ4v) is 1.70. The van der Waals surface area contributed by atoms with E-state index < -0.39 is 12.0 Å². The summed E-state index contributed by atoms with van der Waals surface area (Å²) in [6, 6.07) is 3.49. The quantitative estimate of drug-likeness (QED) is 0.748. The van der Waals surface area contributed by atoms with Gasteiger partial charge in [0.25, 0.3) is 0 Å². The van der Waals surface area contributed by atoms with Crippen LogP contribution >= 0.6 is 11.6 Å². The minimum atomic E-state index is -1.08. The van der Waals surface area contributed by atoms with Crippen LogP contribution in [0.2, 0.25) is 5.02 Å². The number of benzene rings is 1. The van der Waals surface area contributed by atoms with Crippen molar-refractivity contribution in [2.75, 3.05) is 5.32 Å². The molecular formula is C13H17ClN2O3. The minimum Gasteiger partial charge on any atom is -0.478 e. The summed E-state index contributed by atoms with van der Waals surface area (Å²) < 4.78 is 0. The van der Waals surface area contributed by atoms with Gasteiger partial charge in [-0.3, -0.25) is 4.79 Å². The predicted octanol–water partition coefficient (Wildman–Crippen LogP) is 2.49. The third kappa shape index (κ3) is 4.54. The lowest BCUT2D eigenvalue weighted by atomic mass is 10.1. The Morgan fingerprint density at radius 1 is 1.47 bits per heavy atom. The molecular weight excluding hydrogens is 268 g/mol. The second kappa shape index (κ2) is 7.11. The van der Waals surface area contributed by atoms with E-state index in [-0.39, 0.29) is 22.2 Å². The molecule has 0 aliphatic carbocycles. The van der Waals surface area contributed by atoms with Gasteiger partial charge in [0.2, 0.25) is 5.91 Å². The average molecular weight is 285 g/mol. The van der Waals surface area contributed by atoms with Gasteiger partial charge in [-0.1, -0.05) is 31.4 Å². The highest BCUT2D eigenvalue weighted by Crippen LogP contribution is 2.23. The molecule has 0 spiro atoms. The van der Waals surface area contributed by atoms with Gasteiger partial charge in [-0.15, -0.1) is 0 Å². The number of carbonyl (C=O) groups excluding carboxylic acids is 1. The largest absolute Gasteiger partial charge is 0.478 e. The number of carbonyl (C=O) groups is 2. The fourth-order valence-electron chi connectivity index (χ4n) is 1.53. The first-order valence-corrected chi connectivity index (χ1v) is 6.42. The number of carboxylic acid groups (broad SMARTS) is 1.